The van der Waals surface area contributed by atoms with Crippen molar-refractivity contribution >= 4 is 30.0 Å². The number of hydrogen-bond acceptors (Lipinski definition) is 15. The third-order valence-corrected chi connectivity index (χ3v) is 8.23. The zero-order valence-corrected chi connectivity index (χ0v) is 27.6. The van der Waals surface area contributed by atoms with Gasteiger partial charge in [0.1, 0.15) is 12.0 Å². The van der Waals surface area contributed by atoms with Crippen LogP contribution in [0.1, 0.15) is 39.8 Å². The van der Waals surface area contributed by atoms with E-state index >= 15 is 0 Å². The number of fused-ring (bicyclic) bond motifs is 1. The fourth-order valence-electron chi connectivity index (χ4n) is 5.61. The first-order valence-corrected chi connectivity index (χ1v) is 15.6. The highest BCUT2D eigenvalue weighted by atomic mass is 16.6. The van der Waals surface area contributed by atoms with Crippen molar-refractivity contribution in [3.8, 4) is 46.0 Å². The van der Waals surface area contributed by atoms with Crippen LogP contribution in [-0.4, -0.2) is 84.0 Å². The second kappa shape index (κ2) is 15.4. The van der Waals surface area contributed by atoms with Crippen molar-refractivity contribution in [3.05, 3.63) is 101 Å². The van der Waals surface area contributed by atoms with E-state index in [0.29, 0.717) is 0 Å². The lowest BCUT2D eigenvalue weighted by molar-refractivity contribution is -0.167. The molecule has 5 rings (SSSR count). The van der Waals surface area contributed by atoms with Crippen molar-refractivity contribution in [1.82, 2.24) is 0 Å². The molecule has 0 amide bonds. The maximum Gasteiger partial charge on any atom is 0.347 e. The average Bonchev–Trinajstić information content (AvgIpc) is 3.53. The molecular formula is C37H32O16. The van der Waals surface area contributed by atoms with E-state index in [1.807, 2.05) is 0 Å². The molecule has 4 aromatic carbocycles. The third kappa shape index (κ3) is 8.28. The van der Waals surface area contributed by atoms with Gasteiger partial charge in [-0.3, -0.25) is 4.79 Å². The van der Waals surface area contributed by atoms with E-state index in [9.17, 15) is 60.0 Å². The van der Waals surface area contributed by atoms with Gasteiger partial charge in [0.25, 0.3) is 0 Å². The number of carboxylic acid groups (broad SMARTS) is 1. The fourth-order valence-corrected chi connectivity index (χ4v) is 5.61. The summed E-state index contributed by atoms with van der Waals surface area (Å²) in [4.78, 5) is 51.7. The predicted molar refractivity (Wildman–Crippen MR) is 179 cm³/mol. The molecule has 4 aromatic rings. The number of phenols is 7. The number of phenolic OH excluding ortho intramolecular Hbond substituents is 7. The molecule has 16 nitrogen and oxygen atoms in total. The van der Waals surface area contributed by atoms with Crippen molar-refractivity contribution in [2.45, 2.75) is 37.1 Å². The van der Waals surface area contributed by atoms with Crippen molar-refractivity contribution < 1.29 is 79.0 Å². The summed E-state index contributed by atoms with van der Waals surface area (Å²) in [6.07, 6.45) is -3.35. The number of esters is 3. The number of benzene rings is 4. The predicted octanol–water partition coefficient (Wildman–Crippen LogP) is 3.42. The van der Waals surface area contributed by atoms with Gasteiger partial charge in [-0.15, -0.1) is 0 Å². The number of ether oxygens (including phenoxy) is 4. The Labute approximate surface area is 299 Å². The van der Waals surface area contributed by atoms with E-state index in [0.717, 1.165) is 49.6 Å². The van der Waals surface area contributed by atoms with Crippen LogP contribution in [0.2, 0.25) is 0 Å². The quantitative estimate of drug-likeness (QED) is 0.0449. The first-order chi connectivity index (χ1) is 25.2. The molecule has 0 aromatic heterocycles. The summed E-state index contributed by atoms with van der Waals surface area (Å²) >= 11 is 0. The molecule has 53 heavy (non-hydrogen) atoms. The van der Waals surface area contributed by atoms with Gasteiger partial charge < -0.3 is 59.8 Å². The Morgan fingerprint density at radius 3 is 1.79 bits per heavy atom. The molecule has 0 spiro atoms. The Hall–Kier alpha value is -7.10. The van der Waals surface area contributed by atoms with Crippen LogP contribution in [0.5, 0.6) is 46.0 Å². The van der Waals surface area contributed by atoms with Gasteiger partial charge in [0.2, 0.25) is 12.2 Å². The van der Waals surface area contributed by atoms with E-state index in [-0.39, 0.29) is 46.4 Å². The number of carboxylic acids is 1. The number of aromatic hydroxyl groups is 7. The monoisotopic (exact) mass is 732 g/mol. The molecule has 16 heteroatoms. The molecule has 0 saturated heterocycles. The highest BCUT2D eigenvalue weighted by molar-refractivity contribution is 5.92. The number of carbonyl (C=O) groups is 4. The van der Waals surface area contributed by atoms with Crippen molar-refractivity contribution in [3.63, 3.8) is 0 Å². The lowest BCUT2D eigenvalue weighted by Crippen LogP contribution is -2.33. The molecule has 0 bridgehead atoms. The van der Waals surface area contributed by atoms with Gasteiger partial charge in [-0.05, 0) is 70.8 Å². The molecule has 8 N–H and O–H groups in total. The average molecular weight is 733 g/mol. The summed E-state index contributed by atoms with van der Waals surface area (Å²) in [5, 5.41) is 79.5. The Bertz CT molecular complexity index is 2100. The van der Waals surface area contributed by atoms with Crippen LogP contribution >= 0.6 is 0 Å². The second-order valence-electron chi connectivity index (χ2n) is 11.8. The molecule has 1 heterocycles. The van der Waals surface area contributed by atoms with Crippen LogP contribution in [0, 0.1) is 0 Å². The summed E-state index contributed by atoms with van der Waals surface area (Å²) in [7, 11) is 1.05. The minimum absolute atomic E-state index is 0.0446. The van der Waals surface area contributed by atoms with Gasteiger partial charge in [-0.25, -0.2) is 14.4 Å². The lowest BCUT2D eigenvalue weighted by atomic mass is 9.87. The van der Waals surface area contributed by atoms with E-state index in [2.05, 4.69) is 0 Å². The maximum atomic E-state index is 14.1. The summed E-state index contributed by atoms with van der Waals surface area (Å²) < 4.78 is 21.6. The Morgan fingerprint density at radius 2 is 1.25 bits per heavy atom. The normalized spacial score (nSPS) is 15.9. The lowest BCUT2D eigenvalue weighted by Gasteiger charge is -2.22. The number of aliphatic carboxylic acids is 1. The summed E-state index contributed by atoms with van der Waals surface area (Å²) in [6, 6.07) is 13.3. The first kappa shape index (κ1) is 37.2. The van der Waals surface area contributed by atoms with E-state index < -0.39 is 88.4 Å². The van der Waals surface area contributed by atoms with E-state index in [4.69, 9.17) is 18.9 Å². The highest BCUT2D eigenvalue weighted by Crippen LogP contribution is 2.53. The number of hydrogen-bond donors (Lipinski definition) is 8. The molecular weight excluding hydrogens is 700 g/mol. The highest BCUT2D eigenvalue weighted by Gasteiger charge is 2.46. The van der Waals surface area contributed by atoms with Crippen molar-refractivity contribution in [2.75, 3.05) is 7.11 Å². The minimum Gasteiger partial charge on any atom is -0.504 e. The zero-order valence-electron chi connectivity index (χ0n) is 27.6. The topological polar surface area (TPSA) is 267 Å². The number of rotatable bonds is 12. The van der Waals surface area contributed by atoms with Gasteiger partial charge in [0.05, 0.1) is 7.11 Å². The molecule has 0 saturated carbocycles. The van der Waals surface area contributed by atoms with E-state index in [1.54, 1.807) is 0 Å². The Kier molecular flexibility index (Phi) is 10.8. The number of carbonyl (C=O) groups excluding carboxylic acids is 3. The summed E-state index contributed by atoms with van der Waals surface area (Å²) in [5.74, 6) is -9.88. The van der Waals surface area contributed by atoms with Gasteiger partial charge in [-0.2, -0.15) is 0 Å². The first-order valence-electron chi connectivity index (χ1n) is 15.6. The molecule has 0 radical (unpaired) electrons. The minimum atomic E-state index is -1.72. The van der Waals surface area contributed by atoms with Gasteiger partial charge in [0.15, 0.2) is 46.0 Å². The van der Waals surface area contributed by atoms with E-state index in [1.165, 1.54) is 36.4 Å². The molecule has 4 atom stereocenters. The summed E-state index contributed by atoms with van der Waals surface area (Å²) in [6.45, 7) is 0. The van der Waals surface area contributed by atoms with Gasteiger partial charge in [0, 0.05) is 24.5 Å². The SMILES string of the molecule is COC(=O)C(Cc1ccc(O)c(O)c1)OC(=O)C1c2c(C=CC(=O)OC(Cc3ccc(O)c(O)c3)C(=O)O)ccc(O)c2OC1c1ccc(O)c(O)c1. The fraction of sp³-hybridized carbons (Fsp3) is 0.189. The van der Waals surface area contributed by atoms with Crippen LogP contribution in [0.15, 0.2) is 72.8 Å². The van der Waals surface area contributed by atoms with Crippen molar-refractivity contribution in [2.24, 2.45) is 0 Å². The molecule has 276 valence electrons. The molecule has 1 aliphatic rings. The summed E-state index contributed by atoms with van der Waals surface area (Å²) in [5.41, 5.74) is 0.661. The Balaban J connectivity index is 1.49. The smallest absolute Gasteiger partial charge is 0.347 e. The van der Waals surface area contributed by atoms with Crippen LogP contribution < -0.4 is 4.74 Å². The van der Waals surface area contributed by atoms with Crippen molar-refractivity contribution in [1.29, 1.82) is 0 Å². The molecule has 0 fully saturated rings. The van der Waals surface area contributed by atoms with Crippen LogP contribution in [0.3, 0.4) is 0 Å². The molecule has 4 unspecified atom stereocenters. The van der Waals surface area contributed by atoms with Crippen LogP contribution in [0.25, 0.3) is 6.08 Å². The van der Waals surface area contributed by atoms with Crippen LogP contribution in [0.4, 0.5) is 0 Å². The van der Waals surface area contributed by atoms with Gasteiger partial charge >= 0.3 is 23.9 Å². The zero-order chi connectivity index (χ0) is 38.6. The Morgan fingerprint density at radius 1 is 0.698 bits per heavy atom. The second-order valence-corrected chi connectivity index (χ2v) is 11.8. The molecule has 1 aliphatic heterocycles. The number of methoxy groups -OCH3 is 1. The van der Waals surface area contributed by atoms with Gasteiger partial charge in [-0.1, -0.05) is 24.3 Å². The van der Waals surface area contributed by atoms with Crippen LogP contribution in [-0.2, 0) is 46.2 Å². The largest absolute Gasteiger partial charge is 0.504 e. The molecule has 0 aliphatic carbocycles. The standard InChI is InChI=1S/C37H32O16/c1-50-36(48)29(15-18-3-8-22(39)26(43)13-18)52-37(49)32-31-19(4-10-24(41)34(31)53-33(32)20-5-9-23(40)27(44)16-20)6-11-30(45)51-28(35(46)47)14-17-2-7-21(38)25(42)12-17/h2-13,16,28-29,32-33,38-44H,14-15H2,1H3,(H,46,47). The maximum absolute atomic E-state index is 14.1. The third-order valence-electron chi connectivity index (χ3n) is 8.23.